The van der Waals surface area contributed by atoms with Gasteiger partial charge in [0.1, 0.15) is 5.75 Å². The van der Waals surface area contributed by atoms with Gasteiger partial charge in [-0.2, -0.15) is 0 Å². The van der Waals surface area contributed by atoms with Crippen LogP contribution < -0.4 is 10.1 Å². The molecule has 0 atom stereocenters. The van der Waals surface area contributed by atoms with Gasteiger partial charge in [0.25, 0.3) is 0 Å². The molecule has 0 fully saturated rings. The first-order valence-corrected chi connectivity index (χ1v) is 7.39. The van der Waals surface area contributed by atoms with Crippen LogP contribution in [0, 0.1) is 6.92 Å². The van der Waals surface area contributed by atoms with Gasteiger partial charge in [-0.3, -0.25) is 9.78 Å². The van der Waals surface area contributed by atoms with Crippen LogP contribution in [-0.4, -0.2) is 29.0 Å². The Morgan fingerprint density at radius 2 is 2.18 bits per heavy atom. The largest absolute Gasteiger partial charge is 0.493 e. The highest BCUT2D eigenvalue weighted by molar-refractivity contribution is 6.08. The lowest BCUT2D eigenvalue weighted by Crippen LogP contribution is -2.22. The minimum Gasteiger partial charge on any atom is -0.493 e. The maximum absolute atomic E-state index is 10.8. The van der Waals surface area contributed by atoms with Crippen LogP contribution in [0.1, 0.15) is 19.0 Å². The second-order valence-electron chi connectivity index (χ2n) is 5.34. The molecular weight excluding hydrogens is 278 g/mol. The fraction of sp³-hybridized carbons (Fsp3) is 0.294. The lowest BCUT2D eigenvalue weighted by Gasteiger charge is -2.06. The smallest absolute Gasteiger partial charge is 0.216 e. The Balaban J connectivity index is 1.74. The first-order chi connectivity index (χ1) is 10.6. The molecule has 1 amide bonds. The zero-order valence-corrected chi connectivity index (χ0v) is 12.8. The average molecular weight is 297 g/mol. The van der Waals surface area contributed by atoms with Gasteiger partial charge in [-0.1, -0.05) is 0 Å². The lowest BCUT2D eigenvalue weighted by atomic mass is 10.1. The number of ether oxygens (including phenoxy) is 1. The van der Waals surface area contributed by atoms with Crippen molar-refractivity contribution in [2.75, 3.05) is 13.2 Å². The van der Waals surface area contributed by atoms with Crippen LogP contribution in [0.5, 0.6) is 5.75 Å². The van der Waals surface area contributed by atoms with Gasteiger partial charge in [-0.25, -0.2) is 0 Å². The molecule has 0 saturated heterocycles. The first kappa shape index (κ1) is 14.4. The molecule has 5 heteroatoms. The number of nitrogens with zero attached hydrogens (tertiary/aromatic N) is 1. The Morgan fingerprint density at radius 1 is 1.32 bits per heavy atom. The van der Waals surface area contributed by atoms with Crippen molar-refractivity contribution in [1.29, 1.82) is 0 Å². The molecule has 0 unspecified atom stereocenters. The highest BCUT2D eigenvalue weighted by Gasteiger charge is 2.07. The van der Waals surface area contributed by atoms with Crippen LogP contribution in [0.3, 0.4) is 0 Å². The normalized spacial score (nSPS) is 11.0. The zero-order valence-electron chi connectivity index (χ0n) is 12.8. The van der Waals surface area contributed by atoms with Gasteiger partial charge in [0.2, 0.25) is 5.91 Å². The van der Waals surface area contributed by atoms with Gasteiger partial charge in [-0.05, 0) is 31.5 Å². The number of nitrogens with one attached hydrogen (secondary N) is 2. The summed E-state index contributed by atoms with van der Waals surface area (Å²) < 4.78 is 5.74. The van der Waals surface area contributed by atoms with Gasteiger partial charge in [0.15, 0.2) is 0 Å². The van der Waals surface area contributed by atoms with E-state index in [2.05, 4.69) is 21.4 Å². The number of H-pyrrole nitrogens is 1. The highest BCUT2D eigenvalue weighted by atomic mass is 16.5. The van der Waals surface area contributed by atoms with Gasteiger partial charge in [0, 0.05) is 36.5 Å². The molecule has 114 valence electrons. The number of pyridine rings is 1. The predicted molar refractivity (Wildman–Crippen MR) is 87.1 cm³/mol. The first-order valence-electron chi connectivity index (χ1n) is 7.39. The molecule has 0 saturated carbocycles. The molecule has 0 aliphatic carbocycles. The third-order valence-corrected chi connectivity index (χ3v) is 3.65. The molecule has 2 heterocycles. The van der Waals surface area contributed by atoms with Crippen molar-refractivity contribution in [3.63, 3.8) is 0 Å². The Hall–Kier alpha value is -2.56. The van der Waals surface area contributed by atoms with E-state index >= 15 is 0 Å². The number of amides is 1. The summed E-state index contributed by atoms with van der Waals surface area (Å²) in [7, 11) is 0. The number of carbonyl (C=O) groups is 1. The molecule has 2 aromatic heterocycles. The fourth-order valence-electron chi connectivity index (χ4n) is 2.56. The average Bonchev–Trinajstić information content (AvgIpc) is 2.86. The second kappa shape index (κ2) is 6.05. The molecule has 1 aromatic carbocycles. The molecule has 3 aromatic rings. The van der Waals surface area contributed by atoms with Crippen LogP contribution in [0.15, 0.2) is 30.5 Å². The SMILES string of the molecule is CC(=O)NCCCOc1ccc2c(c1)[nH]c1c(C)nccc12. The maximum atomic E-state index is 10.8. The summed E-state index contributed by atoms with van der Waals surface area (Å²) in [5.74, 6) is 0.816. The number of aromatic nitrogens is 2. The van der Waals surface area contributed by atoms with E-state index < -0.39 is 0 Å². The number of rotatable bonds is 5. The van der Waals surface area contributed by atoms with Crippen LogP contribution in [0.4, 0.5) is 0 Å². The summed E-state index contributed by atoms with van der Waals surface area (Å²) in [5.41, 5.74) is 3.11. The van der Waals surface area contributed by atoms with Crippen molar-refractivity contribution in [1.82, 2.24) is 15.3 Å². The Morgan fingerprint density at radius 3 is 3.00 bits per heavy atom. The molecule has 5 nitrogen and oxygen atoms in total. The fourth-order valence-corrected chi connectivity index (χ4v) is 2.56. The third kappa shape index (κ3) is 2.88. The molecule has 0 aliphatic heterocycles. The van der Waals surface area contributed by atoms with Gasteiger partial charge < -0.3 is 15.0 Å². The number of hydrogen-bond acceptors (Lipinski definition) is 3. The lowest BCUT2D eigenvalue weighted by molar-refractivity contribution is -0.118. The van der Waals surface area contributed by atoms with Crippen molar-refractivity contribution >= 4 is 27.7 Å². The summed E-state index contributed by atoms with van der Waals surface area (Å²) in [5, 5.41) is 5.11. The Bertz CT molecular complexity index is 823. The quantitative estimate of drug-likeness (QED) is 0.712. The van der Waals surface area contributed by atoms with E-state index in [0.29, 0.717) is 13.2 Å². The number of aromatic amines is 1. The standard InChI is InChI=1S/C17H19N3O2/c1-11-17-15(6-8-18-11)14-5-4-13(10-16(14)20-17)22-9-3-7-19-12(2)21/h4-6,8,10,20H,3,7,9H2,1-2H3,(H,19,21). The maximum Gasteiger partial charge on any atom is 0.216 e. The van der Waals surface area contributed by atoms with E-state index in [-0.39, 0.29) is 5.91 Å². The number of aryl methyl sites for hydroxylation is 1. The predicted octanol–water partition coefficient (Wildman–Crippen LogP) is 2.93. The van der Waals surface area contributed by atoms with E-state index in [1.165, 1.54) is 17.7 Å². The monoisotopic (exact) mass is 297 g/mol. The summed E-state index contributed by atoms with van der Waals surface area (Å²) in [6, 6.07) is 8.07. The number of hydrogen-bond donors (Lipinski definition) is 2. The molecule has 0 aliphatic rings. The van der Waals surface area contributed by atoms with Crippen molar-refractivity contribution in [3.8, 4) is 5.75 Å². The molecular formula is C17H19N3O2. The van der Waals surface area contributed by atoms with Gasteiger partial charge in [0.05, 0.1) is 23.3 Å². The van der Waals surface area contributed by atoms with Gasteiger partial charge in [-0.15, -0.1) is 0 Å². The van der Waals surface area contributed by atoms with E-state index in [0.717, 1.165) is 28.9 Å². The van der Waals surface area contributed by atoms with Crippen molar-refractivity contribution in [2.45, 2.75) is 20.3 Å². The van der Waals surface area contributed by atoms with Crippen molar-refractivity contribution < 1.29 is 9.53 Å². The number of benzene rings is 1. The van der Waals surface area contributed by atoms with E-state index in [4.69, 9.17) is 4.74 Å². The molecule has 0 spiro atoms. The minimum atomic E-state index is -0.0107. The molecule has 0 bridgehead atoms. The highest BCUT2D eigenvalue weighted by Crippen LogP contribution is 2.29. The van der Waals surface area contributed by atoms with Crippen LogP contribution in [-0.2, 0) is 4.79 Å². The zero-order chi connectivity index (χ0) is 15.5. The summed E-state index contributed by atoms with van der Waals surface area (Å²) in [6.45, 7) is 4.72. The van der Waals surface area contributed by atoms with Crippen LogP contribution in [0.2, 0.25) is 0 Å². The van der Waals surface area contributed by atoms with E-state index in [1.807, 2.05) is 31.3 Å². The molecule has 22 heavy (non-hydrogen) atoms. The Labute approximate surface area is 128 Å². The number of carbonyl (C=O) groups excluding carboxylic acids is 1. The topological polar surface area (TPSA) is 67.0 Å². The molecule has 0 radical (unpaired) electrons. The molecule has 2 N–H and O–H groups in total. The van der Waals surface area contributed by atoms with Crippen molar-refractivity contribution in [3.05, 3.63) is 36.2 Å². The molecule has 3 rings (SSSR count). The Kier molecular flexibility index (Phi) is 3.96. The van der Waals surface area contributed by atoms with Crippen LogP contribution in [0.25, 0.3) is 21.8 Å². The summed E-state index contributed by atoms with van der Waals surface area (Å²) in [4.78, 5) is 18.5. The summed E-state index contributed by atoms with van der Waals surface area (Å²) >= 11 is 0. The van der Waals surface area contributed by atoms with E-state index in [9.17, 15) is 4.79 Å². The second-order valence-corrected chi connectivity index (χ2v) is 5.34. The summed E-state index contributed by atoms with van der Waals surface area (Å²) in [6.07, 6.45) is 2.62. The number of fused-ring (bicyclic) bond motifs is 3. The minimum absolute atomic E-state index is 0.0107. The van der Waals surface area contributed by atoms with Crippen LogP contribution >= 0.6 is 0 Å². The van der Waals surface area contributed by atoms with E-state index in [1.54, 1.807) is 0 Å². The van der Waals surface area contributed by atoms with Crippen molar-refractivity contribution in [2.24, 2.45) is 0 Å². The third-order valence-electron chi connectivity index (χ3n) is 3.65. The van der Waals surface area contributed by atoms with Gasteiger partial charge >= 0.3 is 0 Å².